The average Bonchev–Trinajstić information content (AvgIpc) is 2.32. The van der Waals surface area contributed by atoms with E-state index < -0.39 is 28.6 Å². The molecule has 0 radical (unpaired) electrons. The maximum absolute atomic E-state index is 11.5. The van der Waals surface area contributed by atoms with Gasteiger partial charge in [0.15, 0.2) is 5.75 Å². The molecule has 0 saturated carbocycles. The predicted octanol–water partition coefficient (Wildman–Crippen LogP) is 0.649. The van der Waals surface area contributed by atoms with Gasteiger partial charge in [-0.15, -0.1) is 0 Å². The molecule has 6 heteroatoms. The van der Waals surface area contributed by atoms with Crippen LogP contribution in [0.5, 0.6) is 17.2 Å². The van der Waals surface area contributed by atoms with Crippen molar-refractivity contribution in [2.45, 2.75) is 13.8 Å². The van der Waals surface area contributed by atoms with E-state index in [-0.39, 0.29) is 17.7 Å². The molecule has 0 fully saturated rings. The van der Waals surface area contributed by atoms with Crippen molar-refractivity contribution in [3.05, 3.63) is 27.4 Å². The highest BCUT2D eigenvalue weighted by molar-refractivity contribution is 5.95. The van der Waals surface area contributed by atoms with Crippen molar-refractivity contribution >= 4 is 5.97 Å². The Bertz CT molecular complexity index is 520. The number of carbonyl (C=O) groups is 1. The van der Waals surface area contributed by atoms with E-state index in [1.807, 2.05) is 0 Å². The van der Waals surface area contributed by atoms with Gasteiger partial charge >= 0.3 is 5.97 Å². The summed E-state index contributed by atoms with van der Waals surface area (Å²) in [6, 6.07) is 0.932. The van der Waals surface area contributed by atoms with Crippen LogP contribution in [-0.4, -0.2) is 27.9 Å². The van der Waals surface area contributed by atoms with Crippen LogP contribution in [0.15, 0.2) is 10.9 Å². The van der Waals surface area contributed by atoms with Gasteiger partial charge in [-0.1, -0.05) is 0 Å². The van der Waals surface area contributed by atoms with Crippen LogP contribution in [0.25, 0.3) is 0 Å². The Hall–Kier alpha value is -2.24. The molecule has 0 aliphatic rings. The van der Waals surface area contributed by atoms with Crippen LogP contribution in [0.2, 0.25) is 0 Å². The van der Waals surface area contributed by atoms with E-state index in [9.17, 15) is 24.9 Å². The highest BCUT2D eigenvalue weighted by Gasteiger charge is 2.21. The number of hydrogen-bond acceptors (Lipinski definition) is 6. The first-order valence-corrected chi connectivity index (χ1v) is 4.86. The summed E-state index contributed by atoms with van der Waals surface area (Å²) in [5.41, 5.74) is -1.14. The molecular weight excluding hydrogens is 228 g/mol. The molecule has 1 rings (SSSR count). The first-order valence-electron chi connectivity index (χ1n) is 4.86. The molecular formula is C11H12O6. The number of aromatic hydroxyl groups is 3. The second-order valence-electron chi connectivity index (χ2n) is 3.33. The minimum absolute atomic E-state index is 0.0767. The lowest BCUT2D eigenvalue weighted by Crippen LogP contribution is -2.06. The number of esters is 1. The first-order chi connectivity index (χ1) is 7.90. The molecule has 1 aromatic rings. The van der Waals surface area contributed by atoms with E-state index in [1.54, 1.807) is 6.92 Å². The zero-order valence-corrected chi connectivity index (χ0v) is 9.35. The lowest BCUT2D eigenvalue weighted by molar-refractivity contribution is 0.0521. The molecule has 1 aromatic carbocycles. The first kappa shape index (κ1) is 12.8. The highest BCUT2D eigenvalue weighted by atomic mass is 16.5. The van der Waals surface area contributed by atoms with Gasteiger partial charge in [-0.25, -0.2) is 4.79 Å². The van der Waals surface area contributed by atoms with Gasteiger partial charge in [0.1, 0.15) is 5.56 Å². The molecule has 0 aliphatic carbocycles. The van der Waals surface area contributed by atoms with Crippen molar-refractivity contribution in [1.82, 2.24) is 0 Å². The van der Waals surface area contributed by atoms with Crippen molar-refractivity contribution in [3.63, 3.8) is 0 Å². The van der Waals surface area contributed by atoms with E-state index in [2.05, 4.69) is 4.74 Å². The van der Waals surface area contributed by atoms with Crippen molar-refractivity contribution in [2.75, 3.05) is 6.61 Å². The number of carbonyl (C=O) groups excluding carboxylic acids is 1. The molecule has 0 atom stereocenters. The summed E-state index contributed by atoms with van der Waals surface area (Å²) < 4.78 is 4.67. The Morgan fingerprint density at radius 3 is 2.35 bits per heavy atom. The summed E-state index contributed by atoms with van der Waals surface area (Å²) in [7, 11) is 0. The SMILES string of the molecule is CCOC(=O)c1c(C)cc(=O)c(O)c(O)c1O. The molecule has 17 heavy (non-hydrogen) atoms. The lowest BCUT2D eigenvalue weighted by Gasteiger charge is -2.04. The third-order valence-corrected chi connectivity index (χ3v) is 2.14. The molecule has 0 aromatic heterocycles. The van der Waals surface area contributed by atoms with E-state index >= 15 is 0 Å². The van der Waals surface area contributed by atoms with Crippen LogP contribution in [0.1, 0.15) is 22.8 Å². The maximum atomic E-state index is 11.5. The topological polar surface area (TPSA) is 104 Å². The minimum atomic E-state index is -1.04. The fourth-order valence-electron chi connectivity index (χ4n) is 1.33. The molecule has 0 unspecified atom stereocenters. The van der Waals surface area contributed by atoms with Crippen molar-refractivity contribution in [3.8, 4) is 17.2 Å². The number of aryl methyl sites for hydroxylation is 1. The van der Waals surface area contributed by atoms with Crippen molar-refractivity contribution < 1.29 is 24.9 Å². The van der Waals surface area contributed by atoms with Crippen LogP contribution < -0.4 is 5.43 Å². The summed E-state index contributed by atoms with van der Waals surface area (Å²) >= 11 is 0. The molecule has 0 amide bonds. The fourth-order valence-corrected chi connectivity index (χ4v) is 1.33. The summed E-state index contributed by atoms with van der Waals surface area (Å²) in [5.74, 6) is -3.80. The second-order valence-corrected chi connectivity index (χ2v) is 3.33. The van der Waals surface area contributed by atoms with E-state index in [1.165, 1.54) is 6.92 Å². The van der Waals surface area contributed by atoms with Crippen LogP contribution in [-0.2, 0) is 4.74 Å². The molecule has 92 valence electrons. The van der Waals surface area contributed by atoms with Gasteiger partial charge in [0.05, 0.1) is 6.61 Å². The zero-order valence-electron chi connectivity index (χ0n) is 9.35. The third-order valence-electron chi connectivity index (χ3n) is 2.14. The summed E-state index contributed by atoms with van der Waals surface area (Å²) in [4.78, 5) is 22.8. The Balaban J connectivity index is 3.63. The highest BCUT2D eigenvalue weighted by Crippen LogP contribution is 2.34. The maximum Gasteiger partial charge on any atom is 0.342 e. The van der Waals surface area contributed by atoms with E-state index in [4.69, 9.17) is 0 Å². The van der Waals surface area contributed by atoms with E-state index in [0.29, 0.717) is 0 Å². The average molecular weight is 240 g/mol. The molecule has 0 heterocycles. The smallest absolute Gasteiger partial charge is 0.342 e. The molecule has 0 bridgehead atoms. The summed E-state index contributed by atoms with van der Waals surface area (Å²) in [5, 5.41) is 28.2. The van der Waals surface area contributed by atoms with E-state index in [0.717, 1.165) is 6.07 Å². The molecule has 6 nitrogen and oxygen atoms in total. The lowest BCUT2D eigenvalue weighted by atomic mass is 10.1. The molecule has 0 aliphatic heterocycles. The third kappa shape index (κ3) is 2.30. The standard InChI is InChI=1S/C11H12O6/c1-3-17-11(16)7-5(2)4-6(12)8(13)10(15)9(7)14/h4H,3H2,1-2H3,(H3,12,13,14,15). The normalized spacial score (nSPS) is 10.0. The Labute approximate surface area is 96.7 Å². The van der Waals surface area contributed by atoms with Crippen molar-refractivity contribution in [1.29, 1.82) is 0 Å². The van der Waals surface area contributed by atoms with Gasteiger partial charge < -0.3 is 20.1 Å². The fraction of sp³-hybridized carbons (Fsp3) is 0.273. The van der Waals surface area contributed by atoms with Gasteiger partial charge in [-0.05, 0) is 25.5 Å². The van der Waals surface area contributed by atoms with Gasteiger partial charge in [0.25, 0.3) is 0 Å². The minimum Gasteiger partial charge on any atom is -0.504 e. The van der Waals surface area contributed by atoms with Crippen LogP contribution in [0.4, 0.5) is 0 Å². The predicted molar refractivity (Wildman–Crippen MR) is 58.4 cm³/mol. The van der Waals surface area contributed by atoms with Crippen LogP contribution in [0.3, 0.4) is 0 Å². The van der Waals surface area contributed by atoms with Crippen molar-refractivity contribution in [2.24, 2.45) is 0 Å². The van der Waals surface area contributed by atoms with Gasteiger partial charge in [0, 0.05) is 0 Å². The largest absolute Gasteiger partial charge is 0.504 e. The quantitative estimate of drug-likeness (QED) is 0.655. The molecule has 3 N–H and O–H groups in total. The molecule has 0 saturated heterocycles. The monoisotopic (exact) mass is 240 g/mol. The molecule has 0 spiro atoms. The zero-order chi connectivity index (χ0) is 13.2. The second kappa shape index (κ2) is 4.73. The summed E-state index contributed by atoms with van der Waals surface area (Å²) in [6.07, 6.45) is 0. The van der Waals surface area contributed by atoms with Gasteiger partial charge in [-0.3, -0.25) is 4.79 Å². The number of hydrogen-bond donors (Lipinski definition) is 3. The Kier molecular flexibility index (Phi) is 3.57. The van der Waals surface area contributed by atoms with Gasteiger partial charge in [-0.2, -0.15) is 0 Å². The number of rotatable bonds is 2. The Morgan fingerprint density at radius 1 is 1.24 bits per heavy atom. The van der Waals surface area contributed by atoms with Gasteiger partial charge in [0.2, 0.25) is 16.9 Å². The number of ether oxygens (including phenoxy) is 1. The van der Waals surface area contributed by atoms with Crippen LogP contribution in [0, 0.1) is 6.92 Å². The van der Waals surface area contributed by atoms with Crippen LogP contribution >= 0.6 is 0 Å². The Morgan fingerprint density at radius 2 is 1.82 bits per heavy atom. The summed E-state index contributed by atoms with van der Waals surface area (Å²) in [6.45, 7) is 3.03.